The van der Waals surface area contributed by atoms with Crippen molar-refractivity contribution in [2.24, 2.45) is 0 Å². The maximum atomic E-state index is 11.4. The van der Waals surface area contributed by atoms with Gasteiger partial charge >= 0.3 is 0 Å². The fourth-order valence-corrected chi connectivity index (χ4v) is 1.28. The first kappa shape index (κ1) is 11.3. The second-order valence-corrected chi connectivity index (χ2v) is 3.67. The van der Waals surface area contributed by atoms with Crippen LogP contribution in [-0.2, 0) is 0 Å². The van der Waals surface area contributed by atoms with Gasteiger partial charge in [-0.2, -0.15) is 0 Å². The maximum Gasteiger partial charge on any atom is 0.247 e. The number of halogens is 2. The number of hydrogen-bond donors (Lipinski definition) is 0. The van der Waals surface area contributed by atoms with E-state index in [4.69, 9.17) is 27.9 Å². The average Bonchev–Trinajstić information content (AvgIpc) is 2.16. The lowest BCUT2D eigenvalue weighted by molar-refractivity contribution is 0.0984. The molecule has 1 rings (SSSR count). The minimum atomic E-state index is -0.958. The van der Waals surface area contributed by atoms with Crippen molar-refractivity contribution >= 4 is 29.0 Å². The summed E-state index contributed by atoms with van der Waals surface area (Å²) in [6.45, 7) is 1.79. The molecule has 76 valence electrons. The van der Waals surface area contributed by atoms with Crippen molar-refractivity contribution in [2.45, 2.75) is 18.4 Å². The van der Waals surface area contributed by atoms with Crippen LogP contribution in [0.5, 0.6) is 5.75 Å². The first-order valence-electron chi connectivity index (χ1n) is 4.22. The van der Waals surface area contributed by atoms with Crippen molar-refractivity contribution < 1.29 is 9.53 Å². The topological polar surface area (TPSA) is 26.3 Å². The Morgan fingerprint density at radius 2 is 2.07 bits per heavy atom. The average molecular weight is 233 g/mol. The molecule has 4 heteroatoms. The summed E-state index contributed by atoms with van der Waals surface area (Å²) in [5.41, 5.74) is 0.515. The Morgan fingerprint density at radius 1 is 1.43 bits per heavy atom. The zero-order chi connectivity index (χ0) is 10.6. The minimum absolute atomic E-state index is 0.00887. The van der Waals surface area contributed by atoms with Gasteiger partial charge in [-0.25, -0.2) is 0 Å². The van der Waals surface area contributed by atoms with E-state index in [1.54, 1.807) is 31.2 Å². The molecule has 0 aliphatic heterocycles. The Balaban J connectivity index is 2.97. The molecule has 0 radical (unpaired) electrons. The molecule has 0 aliphatic rings. The zero-order valence-corrected chi connectivity index (χ0v) is 9.18. The summed E-state index contributed by atoms with van der Waals surface area (Å²) in [6.07, 6.45) is 0.426. The van der Waals surface area contributed by atoms with E-state index in [0.29, 0.717) is 17.7 Å². The van der Waals surface area contributed by atoms with Gasteiger partial charge in [0.05, 0.1) is 5.56 Å². The van der Waals surface area contributed by atoms with Gasteiger partial charge in [-0.15, -0.1) is 0 Å². The lowest BCUT2D eigenvalue weighted by atomic mass is 10.1. The molecule has 1 aromatic carbocycles. The summed E-state index contributed by atoms with van der Waals surface area (Å²) in [5.74, 6) is 0.434. The standard InChI is InChI=1S/C10H10Cl2O2/c1-2-8(13)7-5-3-4-6-9(7)14-10(11)12/h3-6,10H,2H2,1H3. The van der Waals surface area contributed by atoms with Crippen LogP contribution in [0.2, 0.25) is 0 Å². The van der Waals surface area contributed by atoms with Crippen LogP contribution in [0.3, 0.4) is 0 Å². The minimum Gasteiger partial charge on any atom is -0.460 e. The lowest BCUT2D eigenvalue weighted by Crippen LogP contribution is -2.05. The van der Waals surface area contributed by atoms with Crippen LogP contribution < -0.4 is 4.74 Å². The highest BCUT2D eigenvalue weighted by Gasteiger charge is 2.11. The van der Waals surface area contributed by atoms with Crippen molar-refractivity contribution in [1.29, 1.82) is 0 Å². The van der Waals surface area contributed by atoms with Gasteiger partial charge in [0, 0.05) is 6.42 Å². The Morgan fingerprint density at radius 3 is 2.64 bits per heavy atom. The molecule has 0 saturated heterocycles. The molecule has 0 atom stereocenters. The summed E-state index contributed by atoms with van der Waals surface area (Å²) in [4.78, 5) is 11.4. The van der Waals surface area contributed by atoms with Crippen LogP contribution >= 0.6 is 23.2 Å². The molecule has 14 heavy (non-hydrogen) atoms. The van der Waals surface area contributed by atoms with Crippen LogP contribution in [0.25, 0.3) is 0 Å². The van der Waals surface area contributed by atoms with Crippen molar-refractivity contribution in [3.63, 3.8) is 0 Å². The van der Waals surface area contributed by atoms with Gasteiger partial charge in [0.15, 0.2) is 5.78 Å². The first-order chi connectivity index (χ1) is 6.65. The van der Waals surface area contributed by atoms with Crippen LogP contribution in [0.4, 0.5) is 0 Å². The Labute approximate surface area is 92.8 Å². The largest absolute Gasteiger partial charge is 0.460 e. The van der Waals surface area contributed by atoms with E-state index in [9.17, 15) is 4.79 Å². The third-order valence-corrected chi connectivity index (χ3v) is 1.90. The van der Waals surface area contributed by atoms with E-state index in [1.165, 1.54) is 0 Å². The molecular weight excluding hydrogens is 223 g/mol. The molecule has 0 saturated carbocycles. The maximum absolute atomic E-state index is 11.4. The molecule has 2 nitrogen and oxygen atoms in total. The van der Waals surface area contributed by atoms with Crippen LogP contribution in [0, 0.1) is 0 Å². The smallest absolute Gasteiger partial charge is 0.247 e. The van der Waals surface area contributed by atoms with Gasteiger partial charge in [0.2, 0.25) is 5.02 Å². The molecule has 0 aromatic heterocycles. The molecular formula is C10H10Cl2O2. The van der Waals surface area contributed by atoms with Gasteiger partial charge in [0.1, 0.15) is 5.75 Å². The second-order valence-electron chi connectivity index (χ2n) is 2.65. The molecule has 0 bridgehead atoms. The number of hydrogen-bond acceptors (Lipinski definition) is 2. The Bertz CT molecular complexity index is 324. The number of carbonyl (C=O) groups excluding carboxylic acids is 1. The van der Waals surface area contributed by atoms with E-state index in [2.05, 4.69) is 0 Å². The van der Waals surface area contributed by atoms with E-state index >= 15 is 0 Å². The normalized spacial score (nSPS) is 10.3. The highest BCUT2D eigenvalue weighted by molar-refractivity contribution is 6.43. The first-order valence-corrected chi connectivity index (χ1v) is 5.09. The van der Waals surface area contributed by atoms with E-state index in [-0.39, 0.29) is 5.78 Å². The molecule has 0 unspecified atom stereocenters. The number of para-hydroxylation sites is 1. The summed E-state index contributed by atoms with van der Waals surface area (Å²) < 4.78 is 5.08. The molecule has 0 spiro atoms. The molecule has 0 aliphatic carbocycles. The summed E-state index contributed by atoms with van der Waals surface area (Å²) >= 11 is 10.9. The third-order valence-electron chi connectivity index (χ3n) is 1.72. The molecule has 0 fully saturated rings. The quantitative estimate of drug-likeness (QED) is 0.588. The fraction of sp³-hybridized carbons (Fsp3) is 0.300. The second kappa shape index (κ2) is 5.23. The fourth-order valence-electron chi connectivity index (χ4n) is 1.09. The van der Waals surface area contributed by atoms with Crippen LogP contribution in [-0.4, -0.2) is 10.8 Å². The summed E-state index contributed by atoms with van der Waals surface area (Å²) in [6, 6.07) is 6.89. The van der Waals surface area contributed by atoms with Gasteiger partial charge in [-0.1, -0.05) is 42.3 Å². The number of Topliss-reactive ketones (excluding diaryl/α,β-unsaturated/α-hetero) is 1. The Kier molecular flexibility index (Phi) is 4.23. The number of rotatable bonds is 4. The number of benzene rings is 1. The van der Waals surface area contributed by atoms with Crippen molar-refractivity contribution in [1.82, 2.24) is 0 Å². The molecule has 0 amide bonds. The third kappa shape index (κ3) is 2.89. The molecule has 0 heterocycles. The van der Waals surface area contributed by atoms with Crippen molar-refractivity contribution in [3.8, 4) is 5.75 Å². The number of ketones is 1. The van der Waals surface area contributed by atoms with Crippen molar-refractivity contribution in [3.05, 3.63) is 29.8 Å². The van der Waals surface area contributed by atoms with Crippen LogP contribution in [0.15, 0.2) is 24.3 Å². The number of ether oxygens (including phenoxy) is 1. The Hall–Kier alpha value is -0.730. The van der Waals surface area contributed by atoms with Gasteiger partial charge in [-0.3, -0.25) is 4.79 Å². The van der Waals surface area contributed by atoms with Crippen LogP contribution in [0.1, 0.15) is 23.7 Å². The van der Waals surface area contributed by atoms with Crippen molar-refractivity contribution in [2.75, 3.05) is 0 Å². The number of alkyl halides is 2. The van der Waals surface area contributed by atoms with E-state index in [1.807, 2.05) is 0 Å². The predicted molar refractivity (Wildman–Crippen MR) is 57.2 cm³/mol. The highest BCUT2D eigenvalue weighted by Crippen LogP contribution is 2.22. The van der Waals surface area contributed by atoms with E-state index in [0.717, 1.165) is 0 Å². The summed E-state index contributed by atoms with van der Waals surface area (Å²) in [5, 5.41) is -0.958. The zero-order valence-electron chi connectivity index (χ0n) is 7.67. The monoisotopic (exact) mass is 232 g/mol. The van der Waals surface area contributed by atoms with Gasteiger partial charge in [0.25, 0.3) is 0 Å². The highest BCUT2D eigenvalue weighted by atomic mass is 35.5. The summed E-state index contributed by atoms with van der Waals surface area (Å²) in [7, 11) is 0. The number of carbonyl (C=O) groups is 1. The van der Waals surface area contributed by atoms with E-state index < -0.39 is 5.02 Å². The predicted octanol–water partition coefficient (Wildman–Crippen LogP) is 3.42. The van der Waals surface area contributed by atoms with Gasteiger partial charge in [-0.05, 0) is 12.1 Å². The molecule has 1 aromatic rings. The SMILES string of the molecule is CCC(=O)c1ccccc1OC(Cl)Cl. The van der Waals surface area contributed by atoms with Gasteiger partial charge < -0.3 is 4.74 Å². The lowest BCUT2D eigenvalue weighted by Gasteiger charge is -2.09. The molecule has 0 N–H and O–H groups in total.